The normalized spacial score (nSPS) is 25.7. The Labute approximate surface area is 404 Å². The van der Waals surface area contributed by atoms with Gasteiger partial charge in [-0.25, -0.2) is 0 Å². The molecule has 2 aliphatic heterocycles. The van der Waals surface area contributed by atoms with E-state index in [2.05, 4.69) is 27.7 Å². The second kappa shape index (κ2) is 33.1. The summed E-state index contributed by atoms with van der Waals surface area (Å²) >= 11 is 0. The van der Waals surface area contributed by atoms with Crippen LogP contribution < -0.4 is 0 Å². The summed E-state index contributed by atoms with van der Waals surface area (Å²) in [5, 5.41) is 10.8. The molecule has 7 atom stereocenters. The highest BCUT2D eigenvalue weighted by atomic mass is 16.7. The van der Waals surface area contributed by atoms with Crippen LogP contribution in [0.15, 0.2) is 0 Å². The summed E-state index contributed by atoms with van der Waals surface area (Å²) in [6.07, 6.45) is 31.3. The van der Waals surface area contributed by atoms with Gasteiger partial charge in [-0.3, -0.25) is 14.4 Å². The Balaban J connectivity index is 0.000000350. The molecule has 386 valence electrons. The largest absolute Gasteiger partial charge is 0.463 e. The van der Waals surface area contributed by atoms with E-state index in [1.54, 1.807) is 0 Å². The van der Waals surface area contributed by atoms with Gasteiger partial charge in [-0.15, -0.1) is 0 Å². The summed E-state index contributed by atoms with van der Waals surface area (Å²) in [6.45, 7) is 19.4. The highest BCUT2D eigenvalue weighted by Gasteiger charge is 2.44. The van der Waals surface area contributed by atoms with Gasteiger partial charge in [0.1, 0.15) is 5.78 Å². The van der Waals surface area contributed by atoms with Gasteiger partial charge in [0.2, 0.25) is 0 Å². The lowest BCUT2D eigenvalue weighted by Crippen LogP contribution is -2.32. The van der Waals surface area contributed by atoms with Crippen LogP contribution in [0.3, 0.4) is 0 Å². The molecule has 0 amide bonds. The fourth-order valence-corrected chi connectivity index (χ4v) is 11.7. The van der Waals surface area contributed by atoms with E-state index in [0.717, 1.165) is 116 Å². The van der Waals surface area contributed by atoms with E-state index >= 15 is 0 Å². The number of aliphatic hydroxyl groups excluding tert-OH is 1. The van der Waals surface area contributed by atoms with Gasteiger partial charge in [0.25, 0.3) is 0 Å². The van der Waals surface area contributed by atoms with Crippen LogP contribution in [0, 0.1) is 35.5 Å². The van der Waals surface area contributed by atoms with Crippen LogP contribution in [0.25, 0.3) is 0 Å². The quantitative estimate of drug-likeness (QED) is 0.0492. The van der Waals surface area contributed by atoms with Gasteiger partial charge in [0.05, 0.1) is 44.7 Å². The number of aliphatic hydroxyl groups is 1. The molecule has 10 nitrogen and oxygen atoms in total. The maximum Gasteiger partial charge on any atom is 0.306 e. The first-order valence-electron chi connectivity index (χ1n) is 27.9. The predicted molar refractivity (Wildman–Crippen MR) is 265 cm³/mol. The Bertz CT molecular complexity index is 1290. The number of hydrogen-bond acceptors (Lipinski definition) is 10. The van der Waals surface area contributed by atoms with Crippen molar-refractivity contribution in [1.82, 2.24) is 0 Å². The third-order valence-electron chi connectivity index (χ3n) is 15.3. The number of esters is 2. The Morgan fingerprint density at radius 1 is 0.545 bits per heavy atom. The number of carbonyl (C=O) groups excluding carboxylic acids is 3. The zero-order valence-corrected chi connectivity index (χ0v) is 43.9. The Morgan fingerprint density at radius 2 is 0.970 bits per heavy atom. The lowest BCUT2D eigenvalue weighted by atomic mass is 9.81. The fraction of sp³-hybridized carbons (Fsp3) is 0.946. The minimum absolute atomic E-state index is 0.0232. The fourth-order valence-electron chi connectivity index (χ4n) is 11.7. The Morgan fingerprint density at radius 3 is 1.44 bits per heavy atom. The molecule has 0 unspecified atom stereocenters. The van der Waals surface area contributed by atoms with E-state index in [1.165, 1.54) is 64.2 Å². The van der Waals surface area contributed by atoms with Crippen LogP contribution in [-0.2, 0) is 42.8 Å². The van der Waals surface area contributed by atoms with Crippen molar-refractivity contribution in [3.63, 3.8) is 0 Å². The molecule has 0 aromatic heterocycles. The van der Waals surface area contributed by atoms with Crippen LogP contribution in [0.1, 0.15) is 248 Å². The number of ether oxygens (including phenoxy) is 6. The van der Waals surface area contributed by atoms with Gasteiger partial charge in [-0.2, -0.15) is 0 Å². The number of Topliss-reactive ketones (excluding diaryl/α,β-unsaturated/α-hetero) is 1. The molecule has 4 rings (SSSR count). The first-order chi connectivity index (χ1) is 31.7. The minimum Gasteiger partial charge on any atom is -0.463 e. The molecule has 2 heterocycles. The van der Waals surface area contributed by atoms with Crippen LogP contribution in [0.5, 0.6) is 0 Å². The van der Waals surface area contributed by atoms with E-state index < -0.39 is 11.6 Å². The molecule has 0 radical (unpaired) electrons. The van der Waals surface area contributed by atoms with Crippen molar-refractivity contribution in [3.05, 3.63) is 0 Å². The third kappa shape index (κ3) is 22.4. The molecule has 66 heavy (non-hydrogen) atoms. The summed E-state index contributed by atoms with van der Waals surface area (Å²) in [5.41, 5.74) is 0. The van der Waals surface area contributed by atoms with Gasteiger partial charge in [-0.1, -0.05) is 118 Å². The maximum atomic E-state index is 12.8. The SMILES string of the molecule is CCCCCCCC1(CC[C@@H]2[C@@H](CCCCCCC(=O)OC(C)C)[C@@H](C)C[C@H]2O)OCCO1.CCCCCCCC1(CC[C@H]2C(=O)C[C@H](C)[C@@H]2CCCCCCC(=O)OC(C)C)OCCO1. The molecule has 10 heteroatoms. The molecule has 0 bridgehead atoms. The highest BCUT2D eigenvalue weighted by Crippen LogP contribution is 2.45. The van der Waals surface area contributed by atoms with E-state index in [9.17, 15) is 19.5 Å². The second-order valence-electron chi connectivity index (χ2n) is 21.6. The number of hydrogen-bond donors (Lipinski definition) is 1. The molecule has 2 saturated heterocycles. The summed E-state index contributed by atoms with van der Waals surface area (Å²) in [6, 6.07) is 0. The van der Waals surface area contributed by atoms with Crippen molar-refractivity contribution >= 4 is 17.7 Å². The van der Waals surface area contributed by atoms with Gasteiger partial charge < -0.3 is 33.5 Å². The van der Waals surface area contributed by atoms with Gasteiger partial charge in [0, 0.05) is 50.9 Å². The maximum absolute atomic E-state index is 12.8. The molecular weight excluding hydrogens is 833 g/mol. The van der Waals surface area contributed by atoms with Crippen molar-refractivity contribution < 1.29 is 47.9 Å². The van der Waals surface area contributed by atoms with E-state index in [1.807, 2.05) is 27.7 Å². The van der Waals surface area contributed by atoms with Crippen molar-refractivity contribution in [2.24, 2.45) is 35.5 Å². The average Bonchev–Trinajstić information content (AvgIpc) is 4.05. The smallest absolute Gasteiger partial charge is 0.306 e. The Hall–Kier alpha value is -1.59. The van der Waals surface area contributed by atoms with Crippen molar-refractivity contribution in [3.8, 4) is 0 Å². The molecule has 0 aromatic carbocycles. The Kier molecular flexibility index (Phi) is 29.4. The third-order valence-corrected chi connectivity index (χ3v) is 15.3. The molecule has 1 N–H and O–H groups in total. The molecule has 0 aromatic rings. The first-order valence-corrected chi connectivity index (χ1v) is 27.9. The standard InChI is InChI=1S/C28H52O5.C28H50O5/c2*1-5-6-7-10-13-17-28(31-19-20-32-28)18-16-25-24(23(4)21-26(25)29)14-11-8-9-12-15-27(30)33-22(2)3/h22-26,29H,5-21H2,1-4H3;22-25H,5-21H2,1-4H3/t23-,24-,25+,26+;23-,24-,25+/m00/s1. The molecule has 2 saturated carbocycles. The van der Waals surface area contributed by atoms with Crippen LogP contribution in [0.2, 0.25) is 0 Å². The highest BCUT2D eigenvalue weighted by molar-refractivity contribution is 5.83. The lowest BCUT2D eigenvalue weighted by Gasteiger charge is -2.31. The predicted octanol–water partition coefficient (Wildman–Crippen LogP) is 13.8. The molecule has 4 aliphatic rings. The van der Waals surface area contributed by atoms with Crippen molar-refractivity contribution in [2.75, 3.05) is 26.4 Å². The van der Waals surface area contributed by atoms with Gasteiger partial charge in [-0.05, 0) is 115 Å². The minimum atomic E-state index is -0.451. The molecule has 2 aliphatic carbocycles. The van der Waals surface area contributed by atoms with Crippen molar-refractivity contribution in [1.29, 1.82) is 0 Å². The van der Waals surface area contributed by atoms with Gasteiger partial charge in [0.15, 0.2) is 11.6 Å². The van der Waals surface area contributed by atoms with Crippen LogP contribution >= 0.6 is 0 Å². The first kappa shape index (κ1) is 58.7. The molecule has 0 spiro atoms. The zero-order chi connectivity index (χ0) is 48.2. The van der Waals surface area contributed by atoms with Crippen LogP contribution in [-0.4, -0.2) is 79.1 Å². The molecule has 4 fully saturated rings. The number of unbranched alkanes of at least 4 members (excludes halogenated alkanes) is 14. The van der Waals surface area contributed by atoms with Crippen LogP contribution in [0.4, 0.5) is 0 Å². The number of rotatable bonds is 34. The summed E-state index contributed by atoms with van der Waals surface area (Å²) in [5.74, 6) is 2.03. The van der Waals surface area contributed by atoms with E-state index in [-0.39, 0.29) is 36.2 Å². The second-order valence-corrected chi connectivity index (χ2v) is 21.6. The number of ketones is 1. The summed E-state index contributed by atoms with van der Waals surface area (Å²) in [7, 11) is 0. The molecular formula is C56H102O10. The van der Waals surface area contributed by atoms with Gasteiger partial charge >= 0.3 is 11.9 Å². The summed E-state index contributed by atoms with van der Waals surface area (Å²) in [4.78, 5) is 36.1. The topological polar surface area (TPSA) is 127 Å². The average molecular weight is 935 g/mol. The lowest BCUT2D eigenvalue weighted by molar-refractivity contribution is -0.172. The van der Waals surface area contributed by atoms with E-state index in [0.29, 0.717) is 74.6 Å². The van der Waals surface area contributed by atoms with Crippen molar-refractivity contribution in [2.45, 2.75) is 278 Å². The van der Waals surface area contributed by atoms with E-state index in [4.69, 9.17) is 28.4 Å². The summed E-state index contributed by atoms with van der Waals surface area (Å²) < 4.78 is 34.9. The number of carbonyl (C=O) groups is 3. The zero-order valence-electron chi connectivity index (χ0n) is 43.9. The monoisotopic (exact) mass is 935 g/mol.